The van der Waals surface area contributed by atoms with Crippen LogP contribution in [-0.2, 0) is 0 Å². The van der Waals surface area contributed by atoms with Gasteiger partial charge in [-0.1, -0.05) is 11.6 Å². The molecule has 0 radical (unpaired) electrons. The summed E-state index contributed by atoms with van der Waals surface area (Å²) in [7, 11) is 0. The first-order valence-electron chi connectivity index (χ1n) is 7.14. The smallest absolute Gasteiger partial charge is 0.269 e. The second-order valence-corrected chi connectivity index (χ2v) is 5.74. The van der Waals surface area contributed by atoms with Crippen molar-refractivity contribution >= 4 is 40.5 Å². The van der Waals surface area contributed by atoms with E-state index in [2.05, 4.69) is 16.2 Å². The van der Waals surface area contributed by atoms with E-state index in [4.69, 9.17) is 33.3 Å². The molecule has 2 aromatic rings. The molecule has 24 heavy (non-hydrogen) atoms. The predicted molar refractivity (Wildman–Crippen MR) is 95.7 cm³/mol. The Balaban J connectivity index is 1.55. The topological polar surface area (TPSA) is 71.6 Å². The van der Waals surface area contributed by atoms with Crippen molar-refractivity contribution in [3.8, 4) is 11.5 Å². The molecule has 0 spiro atoms. The van der Waals surface area contributed by atoms with Crippen LogP contribution in [0.1, 0.15) is 10.4 Å². The molecule has 1 heterocycles. The average Bonchev–Trinajstić information content (AvgIpc) is 2.61. The van der Waals surface area contributed by atoms with Gasteiger partial charge in [-0.25, -0.2) is 0 Å². The maximum atomic E-state index is 12.2. The molecule has 1 aliphatic heterocycles. The maximum absolute atomic E-state index is 12.2. The second-order valence-electron chi connectivity index (χ2n) is 4.90. The first-order valence-corrected chi connectivity index (χ1v) is 7.93. The van der Waals surface area contributed by atoms with Crippen LogP contribution in [0.25, 0.3) is 0 Å². The molecule has 0 atom stereocenters. The zero-order valence-electron chi connectivity index (χ0n) is 12.5. The van der Waals surface area contributed by atoms with E-state index >= 15 is 0 Å². The molecule has 0 fully saturated rings. The van der Waals surface area contributed by atoms with Crippen LogP contribution in [0.3, 0.4) is 0 Å². The van der Waals surface area contributed by atoms with Gasteiger partial charge in [0.1, 0.15) is 13.2 Å². The van der Waals surface area contributed by atoms with Gasteiger partial charge in [-0.15, -0.1) is 0 Å². The summed E-state index contributed by atoms with van der Waals surface area (Å²) in [5.41, 5.74) is 6.35. The molecule has 124 valence electrons. The van der Waals surface area contributed by atoms with Gasteiger partial charge in [0, 0.05) is 16.3 Å². The monoisotopic (exact) mass is 363 g/mol. The fourth-order valence-corrected chi connectivity index (χ4v) is 2.36. The molecule has 1 amide bonds. The number of carbonyl (C=O) groups excluding carboxylic acids is 1. The highest BCUT2D eigenvalue weighted by Crippen LogP contribution is 2.30. The largest absolute Gasteiger partial charge is 0.486 e. The van der Waals surface area contributed by atoms with Gasteiger partial charge in [0.25, 0.3) is 5.91 Å². The van der Waals surface area contributed by atoms with Gasteiger partial charge >= 0.3 is 0 Å². The van der Waals surface area contributed by atoms with E-state index in [1.807, 2.05) is 0 Å². The van der Waals surface area contributed by atoms with Crippen LogP contribution in [0.4, 0.5) is 5.69 Å². The Morgan fingerprint density at radius 3 is 2.46 bits per heavy atom. The quantitative estimate of drug-likeness (QED) is 0.563. The minimum absolute atomic E-state index is 0.253. The van der Waals surface area contributed by atoms with Crippen molar-refractivity contribution in [1.82, 2.24) is 10.9 Å². The molecule has 8 heteroatoms. The summed E-state index contributed by atoms with van der Waals surface area (Å²) in [6.07, 6.45) is 0. The minimum atomic E-state index is -0.341. The van der Waals surface area contributed by atoms with E-state index in [1.165, 1.54) is 0 Å². The number of halogens is 1. The van der Waals surface area contributed by atoms with Crippen molar-refractivity contribution in [2.75, 3.05) is 18.5 Å². The molecule has 0 saturated carbocycles. The lowest BCUT2D eigenvalue weighted by Crippen LogP contribution is -2.43. The summed E-state index contributed by atoms with van der Waals surface area (Å²) in [5, 5.41) is 3.81. The zero-order valence-corrected chi connectivity index (χ0v) is 14.0. The Hall–Kier alpha value is -2.51. The Labute approximate surface area is 149 Å². The predicted octanol–water partition coefficient (Wildman–Crippen LogP) is 2.74. The molecule has 0 bridgehead atoms. The molecule has 3 N–H and O–H groups in total. The van der Waals surface area contributed by atoms with Crippen LogP contribution in [0.15, 0.2) is 42.5 Å². The molecular formula is C16H14ClN3O3S. The molecule has 0 aliphatic carbocycles. The van der Waals surface area contributed by atoms with Crippen LogP contribution < -0.4 is 25.6 Å². The number of benzene rings is 2. The third-order valence-corrected chi connectivity index (χ3v) is 3.65. The summed E-state index contributed by atoms with van der Waals surface area (Å²) in [4.78, 5) is 12.2. The zero-order chi connectivity index (χ0) is 16.9. The van der Waals surface area contributed by atoms with Gasteiger partial charge in [0.05, 0.1) is 0 Å². The number of carbonyl (C=O) groups is 1. The highest BCUT2D eigenvalue weighted by molar-refractivity contribution is 7.80. The normalized spacial score (nSPS) is 12.2. The van der Waals surface area contributed by atoms with E-state index in [0.717, 1.165) is 5.69 Å². The minimum Gasteiger partial charge on any atom is -0.486 e. The van der Waals surface area contributed by atoms with Crippen LogP contribution in [0, 0.1) is 0 Å². The number of anilines is 1. The summed E-state index contributed by atoms with van der Waals surface area (Å²) < 4.78 is 10.9. The molecule has 2 aromatic carbocycles. The average molecular weight is 364 g/mol. The van der Waals surface area contributed by atoms with Crippen molar-refractivity contribution in [3.63, 3.8) is 0 Å². The summed E-state index contributed by atoms with van der Waals surface area (Å²) >= 11 is 10.9. The van der Waals surface area contributed by atoms with Crippen molar-refractivity contribution < 1.29 is 14.3 Å². The number of ether oxygens (including phenoxy) is 2. The number of hydrogen-bond donors (Lipinski definition) is 3. The number of hydrazine groups is 1. The molecule has 3 rings (SSSR count). The lowest BCUT2D eigenvalue weighted by Gasteiger charge is -2.18. The van der Waals surface area contributed by atoms with Gasteiger partial charge < -0.3 is 14.8 Å². The van der Waals surface area contributed by atoms with Gasteiger partial charge in [0.2, 0.25) is 0 Å². The Bertz CT molecular complexity index is 768. The molecule has 0 aromatic heterocycles. The lowest BCUT2D eigenvalue weighted by atomic mass is 10.2. The molecule has 6 nitrogen and oxygen atoms in total. The van der Waals surface area contributed by atoms with Crippen molar-refractivity contribution in [3.05, 3.63) is 53.1 Å². The van der Waals surface area contributed by atoms with Crippen molar-refractivity contribution in [2.45, 2.75) is 0 Å². The van der Waals surface area contributed by atoms with E-state index < -0.39 is 0 Å². The van der Waals surface area contributed by atoms with E-state index in [-0.39, 0.29) is 11.0 Å². The Morgan fingerprint density at radius 2 is 1.71 bits per heavy atom. The van der Waals surface area contributed by atoms with Crippen molar-refractivity contribution in [1.29, 1.82) is 0 Å². The van der Waals surface area contributed by atoms with Crippen molar-refractivity contribution in [2.24, 2.45) is 0 Å². The number of rotatable bonds is 2. The van der Waals surface area contributed by atoms with Gasteiger partial charge in [-0.3, -0.25) is 15.6 Å². The van der Waals surface area contributed by atoms with Gasteiger partial charge in [-0.05, 0) is 54.7 Å². The number of fused-ring (bicyclic) bond motifs is 1. The molecule has 0 unspecified atom stereocenters. The fourth-order valence-electron chi connectivity index (χ4n) is 2.07. The van der Waals surface area contributed by atoms with Crippen LogP contribution >= 0.6 is 23.8 Å². The van der Waals surface area contributed by atoms with Crippen LogP contribution in [0.5, 0.6) is 11.5 Å². The third kappa shape index (κ3) is 4.06. The molecule has 1 aliphatic rings. The Kier molecular flexibility index (Phi) is 5.02. The van der Waals surface area contributed by atoms with Crippen LogP contribution in [0.2, 0.25) is 5.02 Å². The standard InChI is InChI=1S/C16H14ClN3O3S/c17-11-2-4-12(5-3-11)18-16(24)20-19-15(21)10-1-6-13-14(9-10)23-8-7-22-13/h1-6,9H,7-8H2,(H,19,21)(H2,18,20,24). The first kappa shape index (κ1) is 16.4. The highest BCUT2D eigenvalue weighted by Gasteiger charge is 2.15. The SMILES string of the molecule is O=C(NNC(=S)Nc1ccc(Cl)cc1)c1ccc2c(c1)OCCO2. The van der Waals surface area contributed by atoms with Gasteiger partial charge in [-0.2, -0.15) is 0 Å². The third-order valence-electron chi connectivity index (χ3n) is 3.20. The first-order chi connectivity index (χ1) is 11.6. The maximum Gasteiger partial charge on any atom is 0.269 e. The summed E-state index contributed by atoms with van der Waals surface area (Å²) in [6, 6.07) is 12.0. The number of amides is 1. The Morgan fingerprint density at radius 1 is 1.00 bits per heavy atom. The highest BCUT2D eigenvalue weighted by atomic mass is 35.5. The summed E-state index contributed by atoms with van der Waals surface area (Å²) in [5.74, 6) is 0.841. The summed E-state index contributed by atoms with van der Waals surface area (Å²) in [6.45, 7) is 0.968. The number of hydrogen-bond acceptors (Lipinski definition) is 4. The van der Waals surface area contributed by atoms with Gasteiger partial charge in [0.15, 0.2) is 16.6 Å². The number of nitrogens with one attached hydrogen (secondary N) is 3. The van der Waals surface area contributed by atoms with E-state index in [1.54, 1.807) is 42.5 Å². The molecule has 0 saturated heterocycles. The second kappa shape index (κ2) is 7.37. The van der Waals surface area contributed by atoms with E-state index in [9.17, 15) is 4.79 Å². The molecular weight excluding hydrogens is 350 g/mol. The fraction of sp³-hybridized carbons (Fsp3) is 0.125. The van der Waals surface area contributed by atoms with Crippen LogP contribution in [-0.4, -0.2) is 24.2 Å². The lowest BCUT2D eigenvalue weighted by molar-refractivity contribution is 0.0943. The number of thiocarbonyl (C=S) groups is 1. The van der Waals surface area contributed by atoms with E-state index in [0.29, 0.717) is 35.3 Å².